The molecule has 4 rings (SSSR count). The van der Waals surface area contributed by atoms with Gasteiger partial charge in [-0.1, -0.05) is 58.9 Å². The fourth-order valence-corrected chi connectivity index (χ4v) is 3.25. The van der Waals surface area contributed by atoms with Gasteiger partial charge in [0.2, 0.25) is 16.9 Å². The summed E-state index contributed by atoms with van der Waals surface area (Å²) in [5.74, 6) is 2.77. The van der Waals surface area contributed by atoms with E-state index < -0.39 is 0 Å². The summed E-state index contributed by atoms with van der Waals surface area (Å²) in [7, 11) is 1.60. The lowest BCUT2D eigenvalue weighted by Gasteiger charge is -2.05. The number of benzene rings is 2. The summed E-state index contributed by atoms with van der Waals surface area (Å²) < 4.78 is 10.7. The van der Waals surface area contributed by atoms with Crippen LogP contribution < -0.4 is 4.74 Å². The maximum atomic E-state index is 6.07. The Labute approximate surface area is 164 Å². The second-order valence-electron chi connectivity index (χ2n) is 5.48. The molecule has 0 radical (unpaired) electrons. The Kier molecular flexibility index (Phi) is 5.08. The minimum atomic E-state index is 0.462. The molecule has 2 aromatic carbocycles. The van der Waals surface area contributed by atoms with Gasteiger partial charge in [0, 0.05) is 10.6 Å². The van der Waals surface area contributed by atoms with Crippen LogP contribution in [0, 0.1) is 0 Å². The van der Waals surface area contributed by atoms with Crippen LogP contribution in [0.2, 0.25) is 5.02 Å². The molecule has 0 bridgehead atoms. The number of aromatic amines is 1. The van der Waals surface area contributed by atoms with Gasteiger partial charge in [0.25, 0.3) is 0 Å². The topological polar surface area (TPSA) is 89.7 Å². The number of hydrogen-bond donors (Lipinski definition) is 1. The van der Waals surface area contributed by atoms with Gasteiger partial charge in [-0.2, -0.15) is 4.98 Å². The van der Waals surface area contributed by atoms with Gasteiger partial charge in [-0.25, -0.2) is 4.98 Å². The fourth-order valence-electron chi connectivity index (χ4n) is 2.44. The molecule has 1 N–H and O–H groups in total. The molecule has 0 saturated heterocycles. The third-order valence-corrected chi connectivity index (χ3v) is 4.77. The standard InChI is InChI=1S/C18H14ClN5O2S/c1-25-14-8-7-12(19)9-13(14)17-21-18(23-22-17)27-10-15-20-16(24-26-15)11-5-3-2-4-6-11/h2-9H,10H2,1H3,(H,21,22,23). The highest BCUT2D eigenvalue weighted by atomic mass is 35.5. The largest absolute Gasteiger partial charge is 0.496 e. The van der Waals surface area contributed by atoms with Crippen LogP contribution >= 0.6 is 23.4 Å². The summed E-state index contributed by atoms with van der Waals surface area (Å²) in [6, 6.07) is 15.0. The SMILES string of the molecule is COc1ccc(Cl)cc1-c1nc(SCc2nc(-c3ccccc3)no2)n[nH]1. The van der Waals surface area contributed by atoms with E-state index in [0.29, 0.717) is 39.2 Å². The van der Waals surface area contributed by atoms with E-state index in [1.165, 1.54) is 11.8 Å². The number of hydrogen-bond acceptors (Lipinski definition) is 7. The zero-order chi connectivity index (χ0) is 18.6. The van der Waals surface area contributed by atoms with Gasteiger partial charge in [0.1, 0.15) is 5.75 Å². The van der Waals surface area contributed by atoms with Gasteiger partial charge in [-0.05, 0) is 18.2 Å². The van der Waals surface area contributed by atoms with Crippen LogP contribution in [0.3, 0.4) is 0 Å². The normalized spacial score (nSPS) is 10.9. The number of ether oxygens (including phenoxy) is 1. The molecule has 0 spiro atoms. The lowest BCUT2D eigenvalue weighted by Crippen LogP contribution is -1.89. The summed E-state index contributed by atoms with van der Waals surface area (Å²) >= 11 is 7.47. The van der Waals surface area contributed by atoms with Crippen LogP contribution in [0.5, 0.6) is 5.75 Å². The maximum absolute atomic E-state index is 6.07. The minimum Gasteiger partial charge on any atom is -0.496 e. The van der Waals surface area contributed by atoms with E-state index in [1.54, 1.807) is 25.3 Å². The van der Waals surface area contributed by atoms with E-state index in [0.717, 1.165) is 11.1 Å². The molecule has 27 heavy (non-hydrogen) atoms. The third kappa shape index (κ3) is 3.96. The summed E-state index contributed by atoms with van der Waals surface area (Å²) in [4.78, 5) is 8.88. The second kappa shape index (κ2) is 7.81. The molecule has 0 aliphatic carbocycles. The predicted molar refractivity (Wildman–Crippen MR) is 103 cm³/mol. The lowest BCUT2D eigenvalue weighted by molar-refractivity contribution is 0.391. The van der Waals surface area contributed by atoms with E-state index in [4.69, 9.17) is 20.9 Å². The van der Waals surface area contributed by atoms with E-state index in [2.05, 4.69) is 25.3 Å². The van der Waals surface area contributed by atoms with Crippen LogP contribution in [0.1, 0.15) is 5.89 Å². The summed E-state index contributed by atoms with van der Waals surface area (Å²) in [6.07, 6.45) is 0. The lowest BCUT2D eigenvalue weighted by atomic mass is 10.2. The van der Waals surface area contributed by atoms with Gasteiger partial charge in [0.05, 0.1) is 18.4 Å². The Hall–Kier alpha value is -2.84. The number of nitrogens with one attached hydrogen (secondary N) is 1. The van der Waals surface area contributed by atoms with Crippen molar-refractivity contribution in [3.63, 3.8) is 0 Å². The molecule has 0 fully saturated rings. The number of methoxy groups -OCH3 is 1. The van der Waals surface area contributed by atoms with Crippen molar-refractivity contribution in [2.45, 2.75) is 10.9 Å². The average Bonchev–Trinajstić information content (AvgIpc) is 3.37. The van der Waals surface area contributed by atoms with Crippen LogP contribution in [-0.4, -0.2) is 32.4 Å². The third-order valence-electron chi connectivity index (χ3n) is 3.71. The average molecular weight is 400 g/mol. The number of H-pyrrole nitrogens is 1. The summed E-state index contributed by atoms with van der Waals surface area (Å²) in [6.45, 7) is 0. The summed E-state index contributed by atoms with van der Waals surface area (Å²) in [5, 5.41) is 12.3. The first-order valence-corrected chi connectivity index (χ1v) is 9.36. The van der Waals surface area contributed by atoms with Gasteiger partial charge < -0.3 is 9.26 Å². The van der Waals surface area contributed by atoms with Crippen molar-refractivity contribution in [3.8, 4) is 28.5 Å². The molecular weight excluding hydrogens is 386 g/mol. The molecule has 0 atom stereocenters. The Morgan fingerprint density at radius 1 is 1.15 bits per heavy atom. The molecule has 2 heterocycles. The van der Waals surface area contributed by atoms with Crippen molar-refractivity contribution >= 4 is 23.4 Å². The van der Waals surface area contributed by atoms with E-state index in [9.17, 15) is 0 Å². The minimum absolute atomic E-state index is 0.462. The first-order chi connectivity index (χ1) is 13.2. The number of rotatable bonds is 6. The number of thioether (sulfide) groups is 1. The van der Waals surface area contributed by atoms with Crippen molar-refractivity contribution in [2.24, 2.45) is 0 Å². The molecule has 0 unspecified atom stereocenters. The Balaban J connectivity index is 1.46. The predicted octanol–water partition coefficient (Wildman–Crippen LogP) is 4.48. The van der Waals surface area contributed by atoms with Crippen LogP contribution in [-0.2, 0) is 5.75 Å². The molecular formula is C18H14ClN5O2S. The van der Waals surface area contributed by atoms with Crippen LogP contribution in [0.4, 0.5) is 0 Å². The van der Waals surface area contributed by atoms with Crippen LogP contribution in [0.15, 0.2) is 58.2 Å². The molecule has 0 saturated carbocycles. The molecule has 0 amide bonds. The van der Waals surface area contributed by atoms with Gasteiger partial charge >= 0.3 is 0 Å². The van der Waals surface area contributed by atoms with Gasteiger partial charge in [0.15, 0.2) is 5.82 Å². The molecule has 0 aliphatic rings. The molecule has 4 aromatic rings. The van der Waals surface area contributed by atoms with Crippen molar-refractivity contribution in [2.75, 3.05) is 7.11 Å². The number of nitrogens with zero attached hydrogens (tertiary/aromatic N) is 4. The van der Waals surface area contributed by atoms with Crippen molar-refractivity contribution in [3.05, 3.63) is 59.4 Å². The zero-order valence-corrected chi connectivity index (χ0v) is 15.8. The highest BCUT2D eigenvalue weighted by Crippen LogP contribution is 2.31. The maximum Gasteiger partial charge on any atom is 0.237 e. The second-order valence-corrected chi connectivity index (χ2v) is 6.86. The monoisotopic (exact) mass is 399 g/mol. The first-order valence-electron chi connectivity index (χ1n) is 8.00. The van der Waals surface area contributed by atoms with Crippen molar-refractivity contribution < 1.29 is 9.26 Å². The molecule has 9 heteroatoms. The molecule has 7 nitrogen and oxygen atoms in total. The quantitative estimate of drug-likeness (QED) is 0.478. The molecule has 136 valence electrons. The van der Waals surface area contributed by atoms with Crippen LogP contribution in [0.25, 0.3) is 22.8 Å². The van der Waals surface area contributed by atoms with Crippen molar-refractivity contribution in [1.82, 2.24) is 25.3 Å². The van der Waals surface area contributed by atoms with E-state index >= 15 is 0 Å². The Bertz CT molecular complexity index is 1050. The first kappa shape index (κ1) is 17.6. The van der Waals surface area contributed by atoms with Gasteiger partial charge in [-0.3, -0.25) is 5.10 Å². The Morgan fingerprint density at radius 3 is 2.81 bits per heavy atom. The number of aromatic nitrogens is 5. The van der Waals surface area contributed by atoms with Gasteiger partial charge in [-0.15, -0.1) is 5.10 Å². The van der Waals surface area contributed by atoms with E-state index in [-0.39, 0.29) is 0 Å². The molecule has 2 aromatic heterocycles. The zero-order valence-electron chi connectivity index (χ0n) is 14.2. The summed E-state index contributed by atoms with van der Waals surface area (Å²) in [5.41, 5.74) is 1.65. The fraction of sp³-hybridized carbons (Fsp3) is 0.111. The van der Waals surface area contributed by atoms with Crippen molar-refractivity contribution in [1.29, 1.82) is 0 Å². The number of halogens is 1. The van der Waals surface area contributed by atoms with E-state index in [1.807, 2.05) is 30.3 Å². The smallest absolute Gasteiger partial charge is 0.237 e. The Morgan fingerprint density at radius 2 is 2.00 bits per heavy atom. The molecule has 0 aliphatic heterocycles. The highest BCUT2D eigenvalue weighted by molar-refractivity contribution is 7.98. The highest BCUT2D eigenvalue weighted by Gasteiger charge is 2.14.